The van der Waals surface area contributed by atoms with Crippen LogP contribution in [-0.4, -0.2) is 32.3 Å². The van der Waals surface area contributed by atoms with Crippen LogP contribution in [0.15, 0.2) is 18.2 Å². The number of nitrogens with zero attached hydrogens (tertiary/aromatic N) is 1. The molecule has 1 heterocycles. The molecule has 4 heteroatoms. The van der Waals surface area contributed by atoms with Crippen molar-refractivity contribution in [3.63, 3.8) is 0 Å². The van der Waals surface area contributed by atoms with E-state index in [-0.39, 0.29) is 6.04 Å². The van der Waals surface area contributed by atoms with Crippen LogP contribution in [0.25, 0.3) is 0 Å². The Labute approximate surface area is 127 Å². The van der Waals surface area contributed by atoms with Gasteiger partial charge in [0, 0.05) is 37.0 Å². The second kappa shape index (κ2) is 7.30. The molecule has 0 aliphatic carbocycles. The third-order valence-electron chi connectivity index (χ3n) is 4.10. The van der Waals surface area contributed by atoms with Crippen molar-refractivity contribution in [3.05, 3.63) is 28.8 Å². The molecule has 0 amide bonds. The summed E-state index contributed by atoms with van der Waals surface area (Å²) < 4.78 is 5.52. The highest BCUT2D eigenvalue weighted by Crippen LogP contribution is 2.28. The Kier molecular flexibility index (Phi) is 5.70. The Bertz CT molecular complexity index is 438. The molecule has 1 aliphatic heterocycles. The van der Waals surface area contributed by atoms with E-state index in [0.29, 0.717) is 6.10 Å². The molecule has 1 fully saturated rings. The van der Waals surface area contributed by atoms with E-state index in [0.717, 1.165) is 37.4 Å². The normalized spacial score (nSPS) is 21.0. The van der Waals surface area contributed by atoms with E-state index in [2.05, 4.69) is 24.0 Å². The Morgan fingerprint density at radius 3 is 3.00 bits per heavy atom. The maximum atomic E-state index is 6.15. The summed E-state index contributed by atoms with van der Waals surface area (Å²) in [5.41, 5.74) is 8.64. The average molecular weight is 297 g/mol. The number of anilines is 1. The number of rotatable bonds is 5. The van der Waals surface area contributed by atoms with Crippen LogP contribution in [0.4, 0.5) is 5.69 Å². The first kappa shape index (κ1) is 15.6. The van der Waals surface area contributed by atoms with E-state index >= 15 is 0 Å². The van der Waals surface area contributed by atoms with Gasteiger partial charge < -0.3 is 15.4 Å². The van der Waals surface area contributed by atoms with Crippen molar-refractivity contribution in [1.82, 2.24) is 0 Å². The van der Waals surface area contributed by atoms with E-state index in [1.165, 1.54) is 17.7 Å². The summed E-state index contributed by atoms with van der Waals surface area (Å²) >= 11 is 6.15. The summed E-state index contributed by atoms with van der Waals surface area (Å²) in [7, 11) is 1.80. The van der Waals surface area contributed by atoms with Crippen molar-refractivity contribution >= 4 is 17.3 Å². The third-order valence-corrected chi connectivity index (χ3v) is 4.34. The molecule has 0 aromatic heterocycles. The molecule has 3 nitrogen and oxygen atoms in total. The first-order valence-electron chi connectivity index (χ1n) is 7.45. The molecule has 2 N–H and O–H groups in total. The van der Waals surface area contributed by atoms with E-state index in [9.17, 15) is 0 Å². The van der Waals surface area contributed by atoms with Crippen molar-refractivity contribution < 1.29 is 4.74 Å². The molecule has 1 aromatic rings. The van der Waals surface area contributed by atoms with E-state index in [4.69, 9.17) is 22.1 Å². The third kappa shape index (κ3) is 3.87. The topological polar surface area (TPSA) is 38.5 Å². The van der Waals surface area contributed by atoms with Gasteiger partial charge in [-0.25, -0.2) is 0 Å². The lowest BCUT2D eigenvalue weighted by Gasteiger charge is -2.35. The lowest BCUT2D eigenvalue weighted by molar-refractivity contribution is 0.0893. The Balaban J connectivity index is 2.21. The average Bonchev–Trinajstić information content (AvgIpc) is 2.47. The van der Waals surface area contributed by atoms with Crippen LogP contribution < -0.4 is 10.6 Å². The molecule has 0 bridgehead atoms. The maximum absolute atomic E-state index is 6.15. The molecule has 1 aliphatic rings. The second-order valence-electron chi connectivity index (χ2n) is 5.59. The number of nitrogens with two attached hydrogens (primary N) is 1. The highest BCUT2D eigenvalue weighted by molar-refractivity contribution is 6.30. The van der Waals surface area contributed by atoms with Gasteiger partial charge in [-0.1, -0.05) is 18.5 Å². The molecule has 1 saturated heterocycles. The van der Waals surface area contributed by atoms with Crippen LogP contribution in [0.2, 0.25) is 5.02 Å². The highest BCUT2D eigenvalue weighted by atomic mass is 35.5. The van der Waals surface area contributed by atoms with Crippen LogP contribution in [0.5, 0.6) is 0 Å². The Morgan fingerprint density at radius 2 is 2.30 bits per heavy atom. The van der Waals surface area contributed by atoms with Gasteiger partial charge in [-0.05, 0) is 49.4 Å². The van der Waals surface area contributed by atoms with Crippen molar-refractivity contribution in [3.8, 4) is 0 Å². The van der Waals surface area contributed by atoms with Crippen LogP contribution in [0.1, 0.15) is 31.7 Å². The van der Waals surface area contributed by atoms with Gasteiger partial charge in [0.05, 0.1) is 6.10 Å². The fourth-order valence-corrected chi connectivity index (χ4v) is 3.00. The number of halogens is 1. The first-order chi connectivity index (χ1) is 9.63. The van der Waals surface area contributed by atoms with Gasteiger partial charge in [0.15, 0.2) is 0 Å². The van der Waals surface area contributed by atoms with Gasteiger partial charge >= 0.3 is 0 Å². The molecule has 2 rings (SSSR count). The van der Waals surface area contributed by atoms with Gasteiger partial charge in [0.25, 0.3) is 0 Å². The summed E-state index contributed by atoms with van der Waals surface area (Å²) in [6.07, 6.45) is 4.49. The van der Waals surface area contributed by atoms with E-state index < -0.39 is 0 Å². The number of benzene rings is 1. The van der Waals surface area contributed by atoms with Crippen molar-refractivity contribution in [2.24, 2.45) is 5.73 Å². The summed E-state index contributed by atoms with van der Waals surface area (Å²) in [4.78, 5) is 2.41. The predicted molar refractivity (Wildman–Crippen MR) is 85.7 cm³/mol. The summed E-state index contributed by atoms with van der Waals surface area (Å²) in [6.45, 7) is 4.15. The number of hydrogen-bond acceptors (Lipinski definition) is 3. The predicted octanol–water partition coefficient (Wildman–Crippen LogP) is 3.24. The maximum Gasteiger partial charge on any atom is 0.0746 e. The first-order valence-corrected chi connectivity index (χ1v) is 7.83. The van der Waals surface area contributed by atoms with Crippen molar-refractivity contribution in [2.45, 2.75) is 44.8 Å². The Morgan fingerprint density at radius 1 is 1.50 bits per heavy atom. The fourth-order valence-electron chi connectivity index (χ4n) is 2.80. The van der Waals surface area contributed by atoms with Gasteiger partial charge in [0.2, 0.25) is 0 Å². The summed E-state index contributed by atoms with van der Waals surface area (Å²) in [5.74, 6) is 0. The van der Waals surface area contributed by atoms with Crippen LogP contribution in [-0.2, 0) is 11.2 Å². The van der Waals surface area contributed by atoms with Gasteiger partial charge in [-0.2, -0.15) is 0 Å². The van der Waals surface area contributed by atoms with Crippen molar-refractivity contribution in [2.75, 3.05) is 25.1 Å². The largest absolute Gasteiger partial charge is 0.380 e. The lowest BCUT2D eigenvalue weighted by atomic mass is 10.00. The second-order valence-corrected chi connectivity index (χ2v) is 6.03. The van der Waals surface area contributed by atoms with Crippen LogP contribution in [0.3, 0.4) is 0 Å². The molecule has 0 radical (unpaired) electrons. The zero-order valence-electron chi connectivity index (χ0n) is 12.4. The quantitative estimate of drug-likeness (QED) is 0.906. The smallest absolute Gasteiger partial charge is 0.0746 e. The molecular formula is C16H25ClN2O. The summed E-state index contributed by atoms with van der Waals surface area (Å²) in [5, 5.41) is 0.785. The minimum Gasteiger partial charge on any atom is -0.380 e. The molecule has 0 saturated carbocycles. The minimum atomic E-state index is 0.190. The molecular weight excluding hydrogens is 272 g/mol. The zero-order valence-corrected chi connectivity index (χ0v) is 13.2. The Hall–Kier alpha value is -0.770. The van der Waals surface area contributed by atoms with Crippen LogP contribution >= 0.6 is 11.6 Å². The van der Waals surface area contributed by atoms with Gasteiger partial charge in [0.1, 0.15) is 0 Å². The zero-order chi connectivity index (χ0) is 14.5. The summed E-state index contributed by atoms with van der Waals surface area (Å²) in [6, 6.07) is 6.34. The number of hydrogen-bond donors (Lipinski definition) is 1. The van der Waals surface area contributed by atoms with Gasteiger partial charge in [-0.3, -0.25) is 0 Å². The molecule has 2 atom stereocenters. The standard InChI is InChI=1S/C16H25ClN2O/c1-3-14(18)10-12-9-13(17)6-7-16(12)19-8-4-5-15(11-19)20-2/h6-7,9,14-15H,3-5,8,10-11,18H2,1-2H3. The highest BCUT2D eigenvalue weighted by Gasteiger charge is 2.22. The van der Waals surface area contributed by atoms with Crippen LogP contribution in [0, 0.1) is 0 Å². The molecule has 0 spiro atoms. The molecule has 2 unspecified atom stereocenters. The van der Waals surface area contributed by atoms with Gasteiger partial charge in [-0.15, -0.1) is 0 Å². The fraction of sp³-hybridized carbons (Fsp3) is 0.625. The molecule has 112 valence electrons. The molecule has 20 heavy (non-hydrogen) atoms. The lowest BCUT2D eigenvalue weighted by Crippen LogP contribution is -2.40. The number of methoxy groups -OCH3 is 1. The number of piperidine rings is 1. The minimum absolute atomic E-state index is 0.190. The van der Waals surface area contributed by atoms with E-state index in [1.54, 1.807) is 7.11 Å². The SMILES string of the molecule is CCC(N)Cc1cc(Cl)ccc1N1CCCC(OC)C1. The number of ether oxygens (including phenoxy) is 1. The van der Waals surface area contributed by atoms with Crippen molar-refractivity contribution in [1.29, 1.82) is 0 Å². The monoisotopic (exact) mass is 296 g/mol. The van der Waals surface area contributed by atoms with E-state index in [1.807, 2.05) is 6.07 Å². The molecule has 1 aromatic carbocycles.